The molecule has 3 nitrogen and oxygen atoms in total. The molecule has 2 aromatic carbocycles. The van der Waals surface area contributed by atoms with Gasteiger partial charge in [0.1, 0.15) is 0 Å². The van der Waals surface area contributed by atoms with Crippen LogP contribution in [0.25, 0.3) is 0 Å². The van der Waals surface area contributed by atoms with Crippen LogP contribution in [0.4, 0.5) is 13.2 Å². The highest BCUT2D eigenvalue weighted by molar-refractivity contribution is 5.55. The fourth-order valence-corrected chi connectivity index (χ4v) is 6.14. The quantitative estimate of drug-likeness (QED) is 0.295. The number of benzene rings is 2. The molecule has 0 aromatic heterocycles. The molecule has 0 radical (unpaired) electrons. The largest absolute Gasteiger partial charge is 0.491 e. The van der Waals surface area contributed by atoms with E-state index in [0.29, 0.717) is 35.1 Å². The highest BCUT2D eigenvalue weighted by Crippen LogP contribution is 2.46. The lowest BCUT2D eigenvalue weighted by Gasteiger charge is -2.30. The van der Waals surface area contributed by atoms with Crippen LogP contribution in [-0.2, 0) is 11.2 Å². The second-order valence-electron chi connectivity index (χ2n) is 10.8. The number of fused-ring (bicyclic) bond motifs is 2. The normalized spacial score (nSPS) is 25.4. The zero-order valence-electron chi connectivity index (χ0n) is 21.8. The molecular weight excluding hydrogens is 477 g/mol. The van der Waals surface area contributed by atoms with Gasteiger partial charge in [-0.15, -0.1) is 0 Å². The molecule has 2 aliphatic heterocycles. The Balaban J connectivity index is 1.23. The average molecular weight is 515 g/mol. The van der Waals surface area contributed by atoms with Gasteiger partial charge in [0, 0.05) is 17.5 Å². The molecule has 2 heterocycles. The van der Waals surface area contributed by atoms with Crippen molar-refractivity contribution in [1.82, 2.24) is 0 Å². The number of hydrogen-bond acceptors (Lipinski definition) is 3. The van der Waals surface area contributed by atoms with Crippen molar-refractivity contribution >= 4 is 0 Å². The summed E-state index contributed by atoms with van der Waals surface area (Å²) in [7, 11) is 0. The Hall–Kier alpha value is -2.47. The minimum atomic E-state index is -1.03. The lowest BCUT2D eigenvalue weighted by Crippen LogP contribution is -2.24. The molecule has 1 saturated carbocycles. The van der Waals surface area contributed by atoms with Gasteiger partial charge in [-0.1, -0.05) is 31.6 Å². The Morgan fingerprint density at radius 3 is 2.38 bits per heavy atom. The molecule has 2 unspecified atom stereocenters. The maximum absolute atomic E-state index is 15.2. The van der Waals surface area contributed by atoms with E-state index in [1.807, 2.05) is 0 Å². The summed E-state index contributed by atoms with van der Waals surface area (Å²) in [6, 6.07) is 5.02. The summed E-state index contributed by atoms with van der Waals surface area (Å²) in [5.74, 6) is -1.74. The molecule has 0 amide bonds. The zero-order valence-corrected chi connectivity index (χ0v) is 21.8. The summed E-state index contributed by atoms with van der Waals surface area (Å²) >= 11 is 0. The molecule has 0 N–H and O–H groups in total. The van der Waals surface area contributed by atoms with Gasteiger partial charge in [0.15, 0.2) is 23.1 Å². The Labute approximate surface area is 218 Å². The van der Waals surface area contributed by atoms with Crippen LogP contribution < -0.4 is 9.47 Å². The van der Waals surface area contributed by atoms with E-state index in [-0.39, 0.29) is 35.7 Å². The van der Waals surface area contributed by atoms with Gasteiger partial charge in [0.25, 0.3) is 0 Å². The van der Waals surface area contributed by atoms with E-state index >= 15 is 8.78 Å². The van der Waals surface area contributed by atoms with Crippen molar-refractivity contribution in [2.75, 3.05) is 13.2 Å². The lowest BCUT2D eigenvalue weighted by atomic mass is 9.77. The fourth-order valence-electron chi connectivity index (χ4n) is 6.14. The van der Waals surface area contributed by atoms with E-state index in [0.717, 1.165) is 38.7 Å². The summed E-state index contributed by atoms with van der Waals surface area (Å²) in [5, 5.41) is 0. The number of ether oxygens (including phenoxy) is 3. The van der Waals surface area contributed by atoms with Crippen LogP contribution in [0.1, 0.15) is 87.8 Å². The first-order valence-electron chi connectivity index (χ1n) is 13.9. The standard InChI is InChI=1S/C31H37F3O3/c1-3-5-20-9-14-24(36-18-20)13-8-19-6-10-21(11-7-19)25-17-23-16-22-12-15-26(35-4-2)28(33)30(22)37-31(23)29(34)27(25)32/h8,12-13,15,17,19-21,24H,3-7,9-11,14,16,18H2,1-2H3/b13-8+. The van der Waals surface area contributed by atoms with Gasteiger partial charge >= 0.3 is 0 Å². The van der Waals surface area contributed by atoms with E-state index < -0.39 is 17.5 Å². The summed E-state index contributed by atoms with van der Waals surface area (Å²) in [6.07, 6.45) is 13.2. The van der Waals surface area contributed by atoms with Crippen LogP contribution in [0.3, 0.4) is 0 Å². The van der Waals surface area contributed by atoms with E-state index in [1.54, 1.807) is 25.1 Å². The van der Waals surface area contributed by atoms with E-state index in [9.17, 15) is 4.39 Å². The second kappa shape index (κ2) is 11.5. The highest BCUT2D eigenvalue weighted by Gasteiger charge is 2.32. The first kappa shape index (κ1) is 26.1. The van der Waals surface area contributed by atoms with Crippen LogP contribution >= 0.6 is 0 Å². The fraction of sp³-hybridized carbons (Fsp3) is 0.548. The van der Waals surface area contributed by atoms with Gasteiger partial charge in [0.05, 0.1) is 19.3 Å². The molecule has 1 aliphatic carbocycles. The van der Waals surface area contributed by atoms with Crippen LogP contribution in [0.15, 0.2) is 30.4 Å². The van der Waals surface area contributed by atoms with E-state index in [2.05, 4.69) is 19.1 Å². The molecule has 5 rings (SSSR count). The minimum Gasteiger partial charge on any atom is -0.491 e. The Morgan fingerprint density at radius 2 is 1.68 bits per heavy atom. The first-order valence-corrected chi connectivity index (χ1v) is 13.9. The highest BCUT2D eigenvalue weighted by atomic mass is 19.2. The van der Waals surface area contributed by atoms with Crippen molar-refractivity contribution in [3.05, 3.63) is 64.5 Å². The van der Waals surface area contributed by atoms with Gasteiger partial charge in [-0.3, -0.25) is 0 Å². The third kappa shape index (κ3) is 5.55. The molecule has 0 bridgehead atoms. The molecule has 37 heavy (non-hydrogen) atoms. The van der Waals surface area contributed by atoms with Crippen molar-refractivity contribution in [2.24, 2.45) is 11.8 Å². The molecule has 200 valence electrons. The Bertz CT molecular complexity index is 1130. The van der Waals surface area contributed by atoms with Gasteiger partial charge < -0.3 is 14.2 Å². The Morgan fingerprint density at radius 1 is 0.892 bits per heavy atom. The monoisotopic (exact) mass is 514 g/mol. The summed E-state index contributed by atoms with van der Waals surface area (Å²) in [6.45, 7) is 5.12. The van der Waals surface area contributed by atoms with Crippen molar-refractivity contribution in [3.63, 3.8) is 0 Å². The predicted octanol–water partition coefficient (Wildman–Crippen LogP) is 8.62. The third-order valence-corrected chi connectivity index (χ3v) is 8.21. The number of allylic oxidation sites excluding steroid dienone is 1. The smallest absolute Gasteiger partial charge is 0.207 e. The van der Waals surface area contributed by atoms with Crippen LogP contribution in [-0.4, -0.2) is 19.3 Å². The number of rotatable bonds is 7. The van der Waals surface area contributed by atoms with Gasteiger partial charge in [-0.25, -0.2) is 4.39 Å². The van der Waals surface area contributed by atoms with Crippen molar-refractivity contribution in [1.29, 1.82) is 0 Å². The predicted molar refractivity (Wildman–Crippen MR) is 138 cm³/mol. The summed E-state index contributed by atoms with van der Waals surface area (Å²) in [5.41, 5.74) is 1.57. The molecule has 0 spiro atoms. The molecule has 2 aromatic rings. The van der Waals surface area contributed by atoms with Crippen molar-refractivity contribution < 1.29 is 27.4 Å². The SMILES string of the molecule is CCCC1CCC(/C=C/C2CCC(c3cc4c(c(F)c3F)Oc3c(ccc(OCC)c3F)C4)CC2)OC1. The molecular formula is C31H37F3O3. The summed E-state index contributed by atoms with van der Waals surface area (Å²) < 4.78 is 62.1. The molecule has 6 heteroatoms. The number of halogens is 3. The van der Waals surface area contributed by atoms with E-state index in [1.165, 1.54) is 19.3 Å². The maximum atomic E-state index is 15.2. The topological polar surface area (TPSA) is 27.7 Å². The molecule has 2 fully saturated rings. The first-order chi connectivity index (χ1) is 18.0. The van der Waals surface area contributed by atoms with E-state index in [4.69, 9.17) is 14.2 Å². The summed E-state index contributed by atoms with van der Waals surface area (Å²) in [4.78, 5) is 0. The van der Waals surface area contributed by atoms with Gasteiger partial charge in [-0.2, -0.15) is 8.78 Å². The Kier molecular flexibility index (Phi) is 8.13. The number of hydrogen-bond donors (Lipinski definition) is 0. The average Bonchev–Trinajstić information content (AvgIpc) is 2.92. The second-order valence-corrected chi connectivity index (χ2v) is 10.8. The van der Waals surface area contributed by atoms with Crippen LogP contribution in [0, 0.1) is 29.3 Å². The molecule has 3 aliphatic rings. The zero-order chi connectivity index (χ0) is 25.9. The molecule has 2 atom stereocenters. The van der Waals surface area contributed by atoms with Gasteiger partial charge in [-0.05, 0) is 87.3 Å². The minimum absolute atomic E-state index is 0.0383. The van der Waals surface area contributed by atoms with Crippen molar-refractivity contribution in [3.8, 4) is 17.2 Å². The van der Waals surface area contributed by atoms with Crippen molar-refractivity contribution in [2.45, 2.75) is 83.7 Å². The lowest BCUT2D eigenvalue weighted by molar-refractivity contribution is 0.00806. The third-order valence-electron chi connectivity index (χ3n) is 8.21. The molecule has 1 saturated heterocycles. The van der Waals surface area contributed by atoms with Gasteiger partial charge in [0.2, 0.25) is 11.6 Å². The van der Waals surface area contributed by atoms with Crippen LogP contribution in [0.5, 0.6) is 17.2 Å². The maximum Gasteiger partial charge on any atom is 0.207 e. The van der Waals surface area contributed by atoms with Crippen LogP contribution in [0.2, 0.25) is 0 Å².